The first kappa shape index (κ1) is 15.5. The fraction of sp³-hybridized carbons (Fsp3) is 0.0556. The Morgan fingerprint density at radius 3 is 2.64 bits per heavy atom. The highest BCUT2D eigenvalue weighted by Gasteiger charge is 2.35. The van der Waals surface area contributed by atoms with Crippen LogP contribution in [-0.4, -0.2) is 28.9 Å². The van der Waals surface area contributed by atoms with Crippen molar-refractivity contribution in [1.82, 2.24) is 9.97 Å². The molecular weight excluding hydrogens is 338 g/mol. The molecule has 0 atom stereocenters. The van der Waals surface area contributed by atoms with Crippen molar-refractivity contribution in [2.24, 2.45) is 0 Å². The third-order valence-electron chi connectivity index (χ3n) is 3.79. The molecule has 1 aliphatic rings. The summed E-state index contributed by atoms with van der Waals surface area (Å²) in [6.45, 7) is 0. The summed E-state index contributed by atoms with van der Waals surface area (Å²) >= 11 is 1.14. The lowest BCUT2D eigenvalue weighted by atomic mass is 10.2. The smallest absolute Gasteiger partial charge is 0.272 e. The SMILES string of the molecule is COc1ccccc1N1C(=O)C=C(Sc2nc3ccccc3[nH]2)C1=O. The maximum Gasteiger partial charge on any atom is 0.272 e. The number of imide groups is 1. The molecule has 0 aliphatic carbocycles. The number of carbonyl (C=O) groups is 2. The zero-order chi connectivity index (χ0) is 17.4. The second-order valence-corrected chi connectivity index (χ2v) is 6.35. The van der Waals surface area contributed by atoms with Gasteiger partial charge in [-0.25, -0.2) is 9.88 Å². The highest BCUT2D eigenvalue weighted by molar-refractivity contribution is 8.04. The maximum absolute atomic E-state index is 12.7. The number of carbonyl (C=O) groups excluding carboxylic acids is 2. The van der Waals surface area contributed by atoms with Crippen molar-refractivity contribution >= 4 is 40.3 Å². The van der Waals surface area contributed by atoms with E-state index in [0.717, 1.165) is 27.7 Å². The van der Waals surface area contributed by atoms with Gasteiger partial charge in [0.25, 0.3) is 11.8 Å². The number of H-pyrrole nitrogens is 1. The van der Waals surface area contributed by atoms with Gasteiger partial charge in [-0.1, -0.05) is 24.3 Å². The number of imidazole rings is 1. The fourth-order valence-electron chi connectivity index (χ4n) is 2.65. The second-order valence-electron chi connectivity index (χ2n) is 5.32. The molecule has 0 bridgehead atoms. The van der Waals surface area contributed by atoms with E-state index in [9.17, 15) is 9.59 Å². The highest BCUT2D eigenvalue weighted by atomic mass is 32.2. The van der Waals surface area contributed by atoms with Crippen LogP contribution in [0.25, 0.3) is 11.0 Å². The van der Waals surface area contributed by atoms with E-state index in [-0.39, 0.29) is 5.91 Å². The van der Waals surface area contributed by atoms with E-state index in [1.54, 1.807) is 24.3 Å². The molecule has 25 heavy (non-hydrogen) atoms. The van der Waals surface area contributed by atoms with Crippen molar-refractivity contribution in [3.63, 3.8) is 0 Å². The molecule has 0 unspecified atom stereocenters. The van der Waals surface area contributed by atoms with Gasteiger partial charge in [0, 0.05) is 6.08 Å². The number of aromatic amines is 1. The predicted molar refractivity (Wildman–Crippen MR) is 95.5 cm³/mol. The molecule has 2 amide bonds. The van der Waals surface area contributed by atoms with Gasteiger partial charge in [0.15, 0.2) is 5.16 Å². The van der Waals surface area contributed by atoms with E-state index in [1.165, 1.54) is 13.2 Å². The molecule has 1 N–H and O–H groups in total. The molecule has 1 aromatic heterocycles. The van der Waals surface area contributed by atoms with Gasteiger partial charge in [0.05, 0.1) is 28.7 Å². The molecule has 2 heterocycles. The molecule has 7 heteroatoms. The van der Waals surface area contributed by atoms with Crippen LogP contribution >= 0.6 is 11.8 Å². The summed E-state index contributed by atoms with van der Waals surface area (Å²) in [7, 11) is 1.50. The molecule has 6 nitrogen and oxygen atoms in total. The summed E-state index contributed by atoms with van der Waals surface area (Å²) in [5.74, 6) is -0.319. The van der Waals surface area contributed by atoms with Gasteiger partial charge < -0.3 is 9.72 Å². The van der Waals surface area contributed by atoms with Crippen LogP contribution in [0.5, 0.6) is 5.75 Å². The van der Waals surface area contributed by atoms with Crippen LogP contribution < -0.4 is 9.64 Å². The average molecular weight is 351 g/mol. The zero-order valence-electron chi connectivity index (χ0n) is 13.2. The molecule has 0 saturated carbocycles. The third kappa shape index (κ3) is 2.68. The van der Waals surface area contributed by atoms with E-state index >= 15 is 0 Å². The van der Waals surface area contributed by atoms with Crippen LogP contribution in [0.1, 0.15) is 0 Å². The lowest BCUT2D eigenvalue weighted by molar-refractivity contribution is -0.120. The van der Waals surface area contributed by atoms with Crippen LogP contribution in [0.4, 0.5) is 5.69 Å². The summed E-state index contributed by atoms with van der Waals surface area (Å²) in [5.41, 5.74) is 2.12. The van der Waals surface area contributed by atoms with Crippen molar-refractivity contribution in [3.8, 4) is 5.75 Å². The summed E-state index contributed by atoms with van der Waals surface area (Å²) in [6, 6.07) is 14.5. The van der Waals surface area contributed by atoms with E-state index < -0.39 is 5.91 Å². The van der Waals surface area contributed by atoms with Crippen LogP contribution in [0.2, 0.25) is 0 Å². The maximum atomic E-state index is 12.7. The van der Waals surface area contributed by atoms with Crippen molar-refractivity contribution in [3.05, 3.63) is 59.5 Å². The number of hydrogen-bond acceptors (Lipinski definition) is 5. The van der Waals surface area contributed by atoms with Crippen molar-refractivity contribution < 1.29 is 14.3 Å². The number of para-hydroxylation sites is 4. The minimum atomic E-state index is -0.395. The molecular formula is C18H13N3O3S. The quantitative estimate of drug-likeness (QED) is 0.731. The topological polar surface area (TPSA) is 75.3 Å². The molecule has 0 radical (unpaired) electrons. The van der Waals surface area contributed by atoms with Gasteiger partial charge in [0.2, 0.25) is 0 Å². The molecule has 4 rings (SSSR count). The predicted octanol–water partition coefficient (Wildman–Crippen LogP) is 3.12. The van der Waals surface area contributed by atoms with Gasteiger partial charge in [-0.15, -0.1) is 0 Å². The Morgan fingerprint density at radius 1 is 1.08 bits per heavy atom. The number of nitrogens with one attached hydrogen (secondary N) is 1. The van der Waals surface area contributed by atoms with Gasteiger partial charge in [-0.3, -0.25) is 9.59 Å². The van der Waals surface area contributed by atoms with Crippen molar-refractivity contribution in [2.75, 3.05) is 12.0 Å². The lowest BCUT2D eigenvalue weighted by Crippen LogP contribution is -2.30. The van der Waals surface area contributed by atoms with Gasteiger partial charge >= 0.3 is 0 Å². The summed E-state index contributed by atoms with van der Waals surface area (Å²) < 4.78 is 5.25. The zero-order valence-corrected chi connectivity index (χ0v) is 14.0. The normalized spacial score (nSPS) is 14.3. The molecule has 0 saturated heterocycles. The number of rotatable bonds is 4. The number of aromatic nitrogens is 2. The monoisotopic (exact) mass is 351 g/mol. The van der Waals surface area contributed by atoms with E-state index in [1.807, 2.05) is 24.3 Å². The van der Waals surface area contributed by atoms with E-state index in [2.05, 4.69) is 9.97 Å². The molecule has 2 aromatic carbocycles. The van der Waals surface area contributed by atoms with Gasteiger partial charge in [-0.05, 0) is 36.0 Å². The van der Waals surface area contributed by atoms with Crippen LogP contribution in [-0.2, 0) is 9.59 Å². The Balaban J connectivity index is 1.63. The Morgan fingerprint density at radius 2 is 1.84 bits per heavy atom. The first-order valence-corrected chi connectivity index (χ1v) is 8.35. The molecule has 0 spiro atoms. The van der Waals surface area contributed by atoms with Crippen LogP contribution in [0.3, 0.4) is 0 Å². The fourth-order valence-corrected chi connectivity index (χ4v) is 3.50. The molecule has 1 aliphatic heterocycles. The van der Waals surface area contributed by atoms with Crippen LogP contribution in [0, 0.1) is 0 Å². The Kier molecular flexibility index (Phi) is 3.77. The number of methoxy groups -OCH3 is 1. The van der Waals surface area contributed by atoms with Crippen molar-refractivity contribution in [1.29, 1.82) is 0 Å². The van der Waals surface area contributed by atoms with E-state index in [4.69, 9.17) is 4.74 Å². The molecule has 3 aromatic rings. The number of thioether (sulfide) groups is 1. The number of amides is 2. The van der Waals surface area contributed by atoms with Gasteiger partial charge in [0.1, 0.15) is 5.75 Å². The Labute approximate surface area is 147 Å². The minimum absolute atomic E-state index is 0.315. The van der Waals surface area contributed by atoms with Gasteiger partial charge in [-0.2, -0.15) is 0 Å². The summed E-state index contributed by atoms with van der Waals surface area (Å²) in [4.78, 5) is 34.1. The second kappa shape index (κ2) is 6.10. The number of ether oxygens (including phenoxy) is 1. The van der Waals surface area contributed by atoms with Crippen molar-refractivity contribution in [2.45, 2.75) is 5.16 Å². The number of anilines is 1. The molecule has 124 valence electrons. The number of hydrogen-bond donors (Lipinski definition) is 1. The Hall–Kier alpha value is -3.06. The Bertz CT molecular complexity index is 992. The minimum Gasteiger partial charge on any atom is -0.495 e. The standard InChI is InChI=1S/C18H13N3O3S/c1-24-14-9-5-4-8-13(14)21-16(22)10-15(17(21)23)25-18-19-11-6-2-3-7-12(11)20-18/h2-10H,1H3,(H,19,20). The average Bonchev–Trinajstić information content (AvgIpc) is 3.15. The first-order chi connectivity index (χ1) is 12.2. The lowest BCUT2D eigenvalue weighted by Gasteiger charge is -2.17. The largest absolute Gasteiger partial charge is 0.495 e. The summed E-state index contributed by atoms with van der Waals surface area (Å²) in [5, 5.41) is 0.565. The highest BCUT2D eigenvalue weighted by Crippen LogP contribution is 2.36. The number of nitrogens with zero attached hydrogens (tertiary/aromatic N) is 2. The number of benzene rings is 2. The third-order valence-corrected chi connectivity index (χ3v) is 4.69. The molecule has 0 fully saturated rings. The number of fused-ring (bicyclic) bond motifs is 1. The first-order valence-electron chi connectivity index (χ1n) is 7.53. The van der Waals surface area contributed by atoms with E-state index in [0.29, 0.717) is 21.5 Å². The summed E-state index contributed by atoms with van der Waals surface area (Å²) in [6.07, 6.45) is 1.33. The van der Waals surface area contributed by atoms with Crippen LogP contribution in [0.15, 0.2) is 64.7 Å².